The fourth-order valence-electron chi connectivity index (χ4n) is 1.13. The number of nitrogens with zero attached hydrogens (tertiary/aromatic N) is 1. The van der Waals surface area contributed by atoms with Gasteiger partial charge in [0.15, 0.2) is 0 Å². The van der Waals surface area contributed by atoms with Gasteiger partial charge in [0.2, 0.25) is 0 Å². The molecule has 0 saturated carbocycles. The first kappa shape index (κ1) is 11.9. The molecule has 0 amide bonds. The molecule has 0 unspecified atom stereocenters. The fourth-order valence-corrected chi connectivity index (χ4v) is 1.13. The van der Waals surface area contributed by atoms with Crippen molar-refractivity contribution in [1.82, 2.24) is 10.2 Å². The topological polar surface area (TPSA) is 41.3 Å². The van der Waals surface area contributed by atoms with Crippen molar-refractivity contribution in [3.05, 3.63) is 0 Å². The van der Waals surface area contributed by atoms with Gasteiger partial charge < -0.3 is 11.1 Å². The van der Waals surface area contributed by atoms with Gasteiger partial charge in [0, 0.05) is 6.67 Å². The highest BCUT2D eigenvalue weighted by Crippen LogP contribution is 1.99. The summed E-state index contributed by atoms with van der Waals surface area (Å²) in [4.78, 5) is 2.15. The summed E-state index contributed by atoms with van der Waals surface area (Å²) in [7, 11) is 4.07. The molecule has 0 aliphatic rings. The third-order valence-corrected chi connectivity index (χ3v) is 2.03. The molecule has 0 aromatic carbocycles. The van der Waals surface area contributed by atoms with Gasteiger partial charge in [-0.25, -0.2) is 0 Å². The Hall–Kier alpha value is -0.120. The number of unbranched alkanes of at least 4 members (excludes halogenated alkanes) is 3. The van der Waals surface area contributed by atoms with E-state index in [4.69, 9.17) is 5.73 Å². The van der Waals surface area contributed by atoms with Gasteiger partial charge in [0.25, 0.3) is 0 Å². The molecule has 0 saturated heterocycles. The Morgan fingerprint density at radius 3 is 2.42 bits per heavy atom. The molecule has 74 valence electrons. The molecule has 0 atom stereocenters. The van der Waals surface area contributed by atoms with Gasteiger partial charge in [0.05, 0.1) is 0 Å². The molecule has 0 bridgehead atoms. The second kappa shape index (κ2) is 8.97. The molecule has 0 aliphatic carbocycles. The average molecular weight is 173 g/mol. The first-order valence-electron chi connectivity index (χ1n) is 4.84. The van der Waals surface area contributed by atoms with E-state index >= 15 is 0 Å². The lowest BCUT2D eigenvalue weighted by Gasteiger charge is -2.12. The standard InChI is InChI=1S/C9H23N3/c1-11-7-5-3-4-6-8-12(2)9-10/h11H,3-10H2,1-2H3. The highest BCUT2D eigenvalue weighted by atomic mass is 15.1. The summed E-state index contributed by atoms with van der Waals surface area (Å²) in [6.07, 6.45) is 5.23. The van der Waals surface area contributed by atoms with Crippen molar-refractivity contribution in [3.8, 4) is 0 Å². The summed E-state index contributed by atoms with van der Waals surface area (Å²) in [6, 6.07) is 0. The minimum Gasteiger partial charge on any atom is -0.320 e. The summed E-state index contributed by atoms with van der Waals surface area (Å²) in [5.74, 6) is 0. The van der Waals surface area contributed by atoms with Crippen LogP contribution >= 0.6 is 0 Å². The molecule has 0 spiro atoms. The predicted molar refractivity (Wildman–Crippen MR) is 54.1 cm³/mol. The molecule has 3 heteroatoms. The van der Waals surface area contributed by atoms with Crippen LogP contribution in [0.25, 0.3) is 0 Å². The van der Waals surface area contributed by atoms with Crippen LogP contribution < -0.4 is 11.1 Å². The van der Waals surface area contributed by atoms with Crippen molar-refractivity contribution in [2.75, 3.05) is 33.9 Å². The molecule has 0 radical (unpaired) electrons. The zero-order chi connectivity index (χ0) is 9.23. The summed E-state index contributed by atoms with van der Waals surface area (Å²) >= 11 is 0. The van der Waals surface area contributed by atoms with E-state index in [0.29, 0.717) is 6.67 Å². The molecule has 12 heavy (non-hydrogen) atoms. The zero-order valence-electron chi connectivity index (χ0n) is 8.47. The lowest BCUT2D eigenvalue weighted by molar-refractivity contribution is 0.333. The van der Waals surface area contributed by atoms with Gasteiger partial charge in [0.1, 0.15) is 0 Å². The van der Waals surface area contributed by atoms with Crippen molar-refractivity contribution in [3.63, 3.8) is 0 Å². The molecule has 0 aliphatic heterocycles. The van der Waals surface area contributed by atoms with Gasteiger partial charge in [-0.2, -0.15) is 0 Å². The van der Waals surface area contributed by atoms with Crippen LogP contribution in [0.4, 0.5) is 0 Å². The summed E-state index contributed by atoms with van der Waals surface area (Å²) in [5.41, 5.74) is 5.45. The maximum Gasteiger partial charge on any atom is 0.0452 e. The smallest absolute Gasteiger partial charge is 0.0452 e. The second-order valence-electron chi connectivity index (χ2n) is 3.28. The first-order chi connectivity index (χ1) is 5.81. The lowest BCUT2D eigenvalue weighted by atomic mass is 10.2. The largest absolute Gasteiger partial charge is 0.320 e. The maximum absolute atomic E-state index is 5.45. The SMILES string of the molecule is CNCCCCCCN(C)CN. The Morgan fingerprint density at radius 1 is 1.17 bits per heavy atom. The molecular weight excluding hydrogens is 150 g/mol. The summed E-state index contributed by atoms with van der Waals surface area (Å²) in [6.45, 7) is 2.96. The van der Waals surface area contributed by atoms with Gasteiger partial charge in [-0.1, -0.05) is 12.8 Å². The van der Waals surface area contributed by atoms with E-state index in [2.05, 4.69) is 17.3 Å². The quantitative estimate of drug-likeness (QED) is 0.417. The maximum atomic E-state index is 5.45. The van der Waals surface area contributed by atoms with Crippen LogP contribution in [0.3, 0.4) is 0 Å². The third kappa shape index (κ3) is 7.98. The number of rotatable bonds is 8. The fraction of sp³-hybridized carbons (Fsp3) is 1.00. The van der Waals surface area contributed by atoms with Crippen LogP contribution in [0.15, 0.2) is 0 Å². The van der Waals surface area contributed by atoms with E-state index in [-0.39, 0.29) is 0 Å². The van der Waals surface area contributed by atoms with Crippen LogP contribution in [-0.4, -0.2) is 38.8 Å². The van der Waals surface area contributed by atoms with E-state index < -0.39 is 0 Å². The molecule has 0 heterocycles. The highest BCUT2D eigenvalue weighted by molar-refractivity contribution is 4.49. The minimum absolute atomic E-state index is 0.677. The van der Waals surface area contributed by atoms with Gasteiger partial charge in [-0.15, -0.1) is 0 Å². The van der Waals surface area contributed by atoms with E-state index in [1.807, 2.05) is 7.05 Å². The monoisotopic (exact) mass is 173 g/mol. The predicted octanol–water partition coefficient (Wildman–Crippen LogP) is 0.614. The van der Waals surface area contributed by atoms with Crippen LogP contribution in [0, 0.1) is 0 Å². The number of hydrogen-bond donors (Lipinski definition) is 2. The minimum atomic E-state index is 0.677. The first-order valence-corrected chi connectivity index (χ1v) is 4.84. The van der Waals surface area contributed by atoms with Crippen LogP contribution in [-0.2, 0) is 0 Å². The highest BCUT2D eigenvalue weighted by Gasteiger charge is 1.93. The Labute approximate surface area is 76.3 Å². The third-order valence-electron chi connectivity index (χ3n) is 2.03. The number of hydrogen-bond acceptors (Lipinski definition) is 3. The van der Waals surface area contributed by atoms with Crippen molar-refractivity contribution in [2.45, 2.75) is 25.7 Å². The summed E-state index contributed by atoms with van der Waals surface area (Å²) in [5, 5.41) is 3.15. The van der Waals surface area contributed by atoms with Crippen LogP contribution in [0.2, 0.25) is 0 Å². The Balaban J connectivity index is 2.90. The van der Waals surface area contributed by atoms with Crippen molar-refractivity contribution in [2.24, 2.45) is 5.73 Å². The molecule has 3 N–H and O–H groups in total. The lowest BCUT2D eigenvalue weighted by Crippen LogP contribution is -2.26. The van der Waals surface area contributed by atoms with Gasteiger partial charge in [-0.05, 0) is 40.0 Å². The normalized spacial score (nSPS) is 11.0. The molecule has 3 nitrogen and oxygen atoms in total. The average Bonchev–Trinajstić information content (AvgIpc) is 2.10. The number of nitrogens with two attached hydrogens (primary N) is 1. The Morgan fingerprint density at radius 2 is 1.83 bits per heavy atom. The van der Waals surface area contributed by atoms with Crippen molar-refractivity contribution >= 4 is 0 Å². The summed E-state index contributed by atoms with van der Waals surface area (Å²) < 4.78 is 0. The van der Waals surface area contributed by atoms with Crippen LogP contribution in [0.1, 0.15) is 25.7 Å². The van der Waals surface area contributed by atoms with E-state index in [0.717, 1.165) is 13.1 Å². The Kier molecular flexibility index (Phi) is 8.88. The van der Waals surface area contributed by atoms with E-state index in [9.17, 15) is 0 Å². The van der Waals surface area contributed by atoms with Crippen molar-refractivity contribution < 1.29 is 0 Å². The molecule has 0 fully saturated rings. The van der Waals surface area contributed by atoms with E-state index in [1.165, 1.54) is 25.7 Å². The molecular formula is C9H23N3. The van der Waals surface area contributed by atoms with Crippen LogP contribution in [0.5, 0.6) is 0 Å². The molecule has 0 aromatic heterocycles. The molecule has 0 rings (SSSR count). The van der Waals surface area contributed by atoms with Gasteiger partial charge in [-0.3, -0.25) is 4.90 Å². The zero-order valence-corrected chi connectivity index (χ0v) is 8.47. The Bertz CT molecular complexity index is 85.8. The number of nitrogens with one attached hydrogen (secondary N) is 1. The van der Waals surface area contributed by atoms with E-state index in [1.54, 1.807) is 0 Å². The van der Waals surface area contributed by atoms with Crippen molar-refractivity contribution in [1.29, 1.82) is 0 Å². The molecule has 0 aromatic rings. The second-order valence-corrected chi connectivity index (χ2v) is 3.28. The van der Waals surface area contributed by atoms with Gasteiger partial charge >= 0.3 is 0 Å².